The summed E-state index contributed by atoms with van der Waals surface area (Å²) in [4.78, 5) is 15.0. The van der Waals surface area contributed by atoms with Crippen LogP contribution in [-0.2, 0) is 16.0 Å². The Kier molecular flexibility index (Phi) is 3.62. The van der Waals surface area contributed by atoms with Gasteiger partial charge in [-0.3, -0.25) is 9.78 Å². The van der Waals surface area contributed by atoms with E-state index < -0.39 is 11.9 Å². The lowest BCUT2D eigenvalue weighted by Gasteiger charge is -2.05. The minimum Gasteiger partial charge on any atom is -0.468 e. The fourth-order valence-corrected chi connectivity index (χ4v) is 1.08. The molecule has 0 aliphatic rings. The number of rotatable bonds is 3. The number of ether oxygens (including phenoxy) is 1. The van der Waals surface area contributed by atoms with Gasteiger partial charge >= 0.3 is 5.97 Å². The lowest BCUT2D eigenvalue weighted by atomic mass is 10.0. The van der Waals surface area contributed by atoms with E-state index in [4.69, 9.17) is 5.26 Å². The van der Waals surface area contributed by atoms with Crippen LogP contribution in [0.3, 0.4) is 0 Å². The van der Waals surface area contributed by atoms with Crippen LogP contribution in [-0.4, -0.2) is 18.1 Å². The highest BCUT2D eigenvalue weighted by Gasteiger charge is 2.18. The summed E-state index contributed by atoms with van der Waals surface area (Å²) in [6.45, 7) is 0. The highest BCUT2D eigenvalue weighted by atomic mass is 16.5. The van der Waals surface area contributed by atoms with E-state index in [2.05, 4.69) is 9.72 Å². The van der Waals surface area contributed by atoms with Crippen molar-refractivity contribution < 1.29 is 9.53 Å². The molecule has 0 bridgehead atoms. The number of carbonyl (C=O) groups is 1. The average molecular weight is 190 g/mol. The lowest BCUT2D eigenvalue weighted by Crippen LogP contribution is -2.16. The molecule has 4 heteroatoms. The molecule has 0 saturated carbocycles. The van der Waals surface area contributed by atoms with Crippen molar-refractivity contribution in [3.63, 3.8) is 0 Å². The molecule has 0 amide bonds. The molecule has 0 N–H and O–H groups in total. The Morgan fingerprint density at radius 1 is 1.79 bits per heavy atom. The summed E-state index contributed by atoms with van der Waals surface area (Å²) in [6, 6.07) is 5.48. The zero-order valence-electron chi connectivity index (χ0n) is 7.80. The lowest BCUT2D eigenvalue weighted by molar-refractivity contribution is -0.143. The maximum atomic E-state index is 11.1. The fourth-order valence-electron chi connectivity index (χ4n) is 1.08. The Hall–Kier alpha value is -1.89. The van der Waals surface area contributed by atoms with Crippen LogP contribution in [0.4, 0.5) is 0 Å². The topological polar surface area (TPSA) is 63.0 Å². The van der Waals surface area contributed by atoms with E-state index in [1.807, 2.05) is 12.1 Å². The molecule has 0 aromatic carbocycles. The quantitative estimate of drug-likeness (QED) is 0.665. The Morgan fingerprint density at radius 3 is 3.07 bits per heavy atom. The van der Waals surface area contributed by atoms with Gasteiger partial charge in [0.2, 0.25) is 0 Å². The summed E-state index contributed by atoms with van der Waals surface area (Å²) in [5.74, 6) is -1.25. The summed E-state index contributed by atoms with van der Waals surface area (Å²) >= 11 is 0. The minimum absolute atomic E-state index is 0.344. The number of methoxy groups -OCH3 is 1. The van der Waals surface area contributed by atoms with Gasteiger partial charge < -0.3 is 4.74 Å². The summed E-state index contributed by atoms with van der Waals surface area (Å²) in [7, 11) is 1.27. The van der Waals surface area contributed by atoms with Gasteiger partial charge in [0.15, 0.2) is 0 Å². The van der Waals surface area contributed by atoms with Gasteiger partial charge in [-0.05, 0) is 11.6 Å². The van der Waals surface area contributed by atoms with Crippen LogP contribution in [0.2, 0.25) is 0 Å². The van der Waals surface area contributed by atoms with E-state index >= 15 is 0 Å². The molecule has 72 valence electrons. The highest BCUT2D eigenvalue weighted by Crippen LogP contribution is 2.07. The van der Waals surface area contributed by atoms with Gasteiger partial charge in [-0.15, -0.1) is 0 Å². The van der Waals surface area contributed by atoms with Gasteiger partial charge in [-0.2, -0.15) is 5.26 Å². The zero-order chi connectivity index (χ0) is 10.4. The second kappa shape index (κ2) is 4.97. The normalized spacial score (nSPS) is 11.4. The molecule has 1 heterocycles. The first kappa shape index (κ1) is 10.2. The first-order valence-corrected chi connectivity index (χ1v) is 4.14. The minimum atomic E-state index is -0.746. The van der Waals surface area contributed by atoms with Crippen LogP contribution in [0.15, 0.2) is 24.5 Å². The molecule has 1 aromatic heterocycles. The second-order valence-corrected chi connectivity index (χ2v) is 2.77. The van der Waals surface area contributed by atoms with Crippen molar-refractivity contribution in [1.82, 2.24) is 4.98 Å². The Morgan fingerprint density at radius 2 is 2.57 bits per heavy atom. The molecule has 0 radical (unpaired) electrons. The van der Waals surface area contributed by atoms with E-state index in [-0.39, 0.29) is 0 Å². The van der Waals surface area contributed by atoms with Crippen molar-refractivity contribution in [2.45, 2.75) is 6.42 Å². The number of esters is 1. The largest absolute Gasteiger partial charge is 0.468 e. The van der Waals surface area contributed by atoms with E-state index in [9.17, 15) is 4.79 Å². The van der Waals surface area contributed by atoms with E-state index in [1.165, 1.54) is 7.11 Å². The van der Waals surface area contributed by atoms with Crippen LogP contribution in [0.25, 0.3) is 0 Å². The number of hydrogen-bond acceptors (Lipinski definition) is 4. The highest BCUT2D eigenvalue weighted by molar-refractivity contribution is 5.75. The molecule has 0 fully saturated rings. The summed E-state index contributed by atoms with van der Waals surface area (Å²) in [5, 5.41) is 8.72. The van der Waals surface area contributed by atoms with Crippen molar-refractivity contribution in [2.75, 3.05) is 7.11 Å². The van der Waals surface area contributed by atoms with Gasteiger partial charge in [0.1, 0.15) is 5.92 Å². The number of hydrogen-bond donors (Lipinski definition) is 0. The molecule has 0 saturated heterocycles. The van der Waals surface area contributed by atoms with Crippen molar-refractivity contribution in [3.8, 4) is 6.07 Å². The Labute approximate surface area is 82.1 Å². The number of nitriles is 1. The fraction of sp³-hybridized carbons (Fsp3) is 0.300. The van der Waals surface area contributed by atoms with E-state index in [0.717, 1.165) is 5.56 Å². The summed E-state index contributed by atoms with van der Waals surface area (Å²) in [5.41, 5.74) is 0.851. The molecule has 1 rings (SSSR count). The predicted molar refractivity (Wildman–Crippen MR) is 49.1 cm³/mol. The number of pyridine rings is 1. The molecule has 0 aliphatic heterocycles. The van der Waals surface area contributed by atoms with Crippen LogP contribution in [0, 0.1) is 17.2 Å². The third-order valence-corrected chi connectivity index (χ3v) is 1.80. The van der Waals surface area contributed by atoms with Crippen molar-refractivity contribution in [1.29, 1.82) is 5.26 Å². The van der Waals surface area contributed by atoms with Crippen LogP contribution >= 0.6 is 0 Å². The second-order valence-electron chi connectivity index (χ2n) is 2.77. The number of nitrogens with zero attached hydrogens (tertiary/aromatic N) is 2. The van der Waals surface area contributed by atoms with Gasteiger partial charge in [0.05, 0.1) is 13.2 Å². The summed E-state index contributed by atoms with van der Waals surface area (Å²) in [6.07, 6.45) is 3.62. The molecule has 1 atom stereocenters. The third-order valence-electron chi connectivity index (χ3n) is 1.80. The monoisotopic (exact) mass is 190 g/mol. The van der Waals surface area contributed by atoms with Gasteiger partial charge in [-0.25, -0.2) is 0 Å². The third kappa shape index (κ3) is 2.56. The molecule has 0 aliphatic carbocycles. The van der Waals surface area contributed by atoms with Gasteiger partial charge in [0.25, 0.3) is 0 Å². The molecular weight excluding hydrogens is 180 g/mol. The van der Waals surface area contributed by atoms with Crippen molar-refractivity contribution in [2.24, 2.45) is 5.92 Å². The zero-order valence-corrected chi connectivity index (χ0v) is 7.80. The van der Waals surface area contributed by atoms with Gasteiger partial charge in [0, 0.05) is 18.8 Å². The smallest absolute Gasteiger partial charge is 0.323 e. The van der Waals surface area contributed by atoms with Crippen LogP contribution < -0.4 is 0 Å². The van der Waals surface area contributed by atoms with Crippen LogP contribution in [0.5, 0.6) is 0 Å². The van der Waals surface area contributed by atoms with Crippen molar-refractivity contribution >= 4 is 5.97 Å². The first-order chi connectivity index (χ1) is 6.77. The predicted octanol–water partition coefficient (Wildman–Crippen LogP) is 0.937. The van der Waals surface area contributed by atoms with Crippen LogP contribution in [0.1, 0.15) is 5.56 Å². The SMILES string of the molecule is COC(=O)C(C#N)Cc1cccnc1. The molecule has 14 heavy (non-hydrogen) atoms. The number of carbonyl (C=O) groups excluding carboxylic acids is 1. The maximum absolute atomic E-state index is 11.1. The standard InChI is InChI=1S/C10H10N2O2/c1-14-10(13)9(6-11)5-8-3-2-4-12-7-8/h2-4,7,9H,5H2,1H3. The molecule has 1 unspecified atom stereocenters. The number of aromatic nitrogens is 1. The molecular formula is C10H10N2O2. The molecule has 1 aromatic rings. The summed E-state index contributed by atoms with van der Waals surface area (Å²) < 4.78 is 4.49. The Bertz CT molecular complexity index is 343. The van der Waals surface area contributed by atoms with Crippen molar-refractivity contribution in [3.05, 3.63) is 30.1 Å². The average Bonchev–Trinajstić information content (AvgIpc) is 2.26. The van der Waals surface area contributed by atoms with E-state index in [1.54, 1.807) is 18.5 Å². The maximum Gasteiger partial charge on any atom is 0.323 e. The first-order valence-electron chi connectivity index (χ1n) is 4.14. The Balaban J connectivity index is 2.68. The van der Waals surface area contributed by atoms with E-state index in [0.29, 0.717) is 6.42 Å². The molecule has 4 nitrogen and oxygen atoms in total. The molecule has 0 spiro atoms. The van der Waals surface area contributed by atoms with Gasteiger partial charge in [-0.1, -0.05) is 6.07 Å².